The molecule has 1 aromatic carbocycles. The zero-order chi connectivity index (χ0) is 20.3. The highest BCUT2D eigenvalue weighted by Crippen LogP contribution is 2.29. The SMILES string of the molecule is CCn1c(-c2ccncc2)nn(CN(C)Cc2ccc(C(F)(F)F)cc2)c1=S. The Morgan fingerprint density at radius 1 is 1.07 bits per heavy atom. The fourth-order valence-electron chi connectivity index (χ4n) is 2.92. The summed E-state index contributed by atoms with van der Waals surface area (Å²) in [7, 11) is 1.87. The van der Waals surface area contributed by atoms with Crippen molar-refractivity contribution in [1.82, 2.24) is 24.2 Å². The van der Waals surface area contributed by atoms with Gasteiger partial charge in [-0.15, -0.1) is 0 Å². The third kappa shape index (κ3) is 4.48. The maximum absolute atomic E-state index is 12.7. The first-order valence-corrected chi connectivity index (χ1v) is 9.13. The van der Waals surface area contributed by atoms with Crippen molar-refractivity contribution in [3.8, 4) is 11.4 Å². The van der Waals surface area contributed by atoms with E-state index in [0.717, 1.165) is 29.1 Å². The van der Waals surface area contributed by atoms with Crippen LogP contribution in [0.15, 0.2) is 48.8 Å². The zero-order valence-corrected chi connectivity index (χ0v) is 16.3. The molecule has 0 atom stereocenters. The van der Waals surface area contributed by atoms with Gasteiger partial charge in [0.1, 0.15) is 0 Å². The molecule has 3 aromatic rings. The van der Waals surface area contributed by atoms with E-state index in [2.05, 4.69) is 10.1 Å². The Labute approximate surface area is 166 Å². The Kier molecular flexibility index (Phi) is 5.95. The van der Waals surface area contributed by atoms with E-state index < -0.39 is 11.7 Å². The number of rotatable bonds is 6. The topological polar surface area (TPSA) is 38.9 Å². The minimum Gasteiger partial charge on any atom is -0.300 e. The summed E-state index contributed by atoms with van der Waals surface area (Å²) in [5.74, 6) is 0.762. The molecule has 0 N–H and O–H groups in total. The molecule has 0 saturated heterocycles. The van der Waals surface area contributed by atoms with Gasteiger partial charge in [0.15, 0.2) is 10.6 Å². The second-order valence-corrected chi connectivity index (χ2v) is 6.80. The van der Waals surface area contributed by atoms with Crippen molar-refractivity contribution in [2.24, 2.45) is 0 Å². The van der Waals surface area contributed by atoms with E-state index in [4.69, 9.17) is 12.2 Å². The molecule has 0 aliphatic carbocycles. The summed E-state index contributed by atoms with van der Waals surface area (Å²) in [5.41, 5.74) is 1.06. The molecule has 0 aliphatic rings. The molecule has 0 saturated carbocycles. The third-order valence-electron chi connectivity index (χ3n) is 4.29. The molecule has 28 heavy (non-hydrogen) atoms. The average Bonchev–Trinajstić information content (AvgIpc) is 2.97. The Morgan fingerprint density at radius 3 is 2.29 bits per heavy atom. The van der Waals surface area contributed by atoms with Crippen LogP contribution in [0.2, 0.25) is 0 Å². The van der Waals surface area contributed by atoms with Gasteiger partial charge in [0.25, 0.3) is 0 Å². The molecule has 0 unspecified atom stereocenters. The van der Waals surface area contributed by atoms with Crippen molar-refractivity contribution in [3.63, 3.8) is 0 Å². The van der Waals surface area contributed by atoms with Crippen molar-refractivity contribution in [2.45, 2.75) is 32.9 Å². The molecule has 2 heterocycles. The van der Waals surface area contributed by atoms with Crippen LogP contribution in [-0.4, -0.2) is 31.3 Å². The van der Waals surface area contributed by atoms with Gasteiger partial charge >= 0.3 is 6.18 Å². The molecule has 0 radical (unpaired) electrons. The molecule has 0 spiro atoms. The van der Waals surface area contributed by atoms with E-state index in [9.17, 15) is 13.2 Å². The average molecular weight is 407 g/mol. The summed E-state index contributed by atoms with van der Waals surface area (Å²) in [6, 6.07) is 8.93. The molecular formula is C19H20F3N5S. The van der Waals surface area contributed by atoms with E-state index in [1.807, 2.05) is 35.6 Å². The first kappa shape index (κ1) is 20.2. The number of nitrogens with zero attached hydrogens (tertiary/aromatic N) is 5. The number of alkyl halides is 3. The molecule has 3 rings (SSSR count). The van der Waals surface area contributed by atoms with Gasteiger partial charge in [-0.05, 0) is 56.0 Å². The van der Waals surface area contributed by atoms with Gasteiger partial charge in [0.2, 0.25) is 0 Å². The van der Waals surface area contributed by atoms with E-state index >= 15 is 0 Å². The van der Waals surface area contributed by atoms with Gasteiger partial charge in [0.05, 0.1) is 12.2 Å². The molecular weight excluding hydrogens is 387 g/mol. The van der Waals surface area contributed by atoms with Crippen LogP contribution < -0.4 is 0 Å². The summed E-state index contributed by atoms with van der Waals surface area (Å²) in [5, 5.41) is 4.64. The fourth-order valence-corrected chi connectivity index (χ4v) is 3.24. The van der Waals surface area contributed by atoms with E-state index in [1.54, 1.807) is 17.1 Å². The maximum atomic E-state index is 12.7. The lowest BCUT2D eigenvalue weighted by Gasteiger charge is -2.17. The Balaban J connectivity index is 1.76. The van der Waals surface area contributed by atoms with Crippen molar-refractivity contribution in [2.75, 3.05) is 7.05 Å². The minimum atomic E-state index is -4.33. The lowest BCUT2D eigenvalue weighted by atomic mass is 10.1. The lowest BCUT2D eigenvalue weighted by molar-refractivity contribution is -0.137. The van der Waals surface area contributed by atoms with Crippen molar-refractivity contribution >= 4 is 12.2 Å². The van der Waals surface area contributed by atoms with E-state index in [0.29, 0.717) is 24.5 Å². The van der Waals surface area contributed by atoms with Gasteiger partial charge < -0.3 is 4.57 Å². The predicted octanol–water partition coefficient (Wildman–Crippen LogP) is 4.60. The zero-order valence-electron chi connectivity index (χ0n) is 15.5. The summed E-state index contributed by atoms with van der Waals surface area (Å²) in [4.78, 5) is 5.97. The Hall–Kier alpha value is -2.52. The smallest absolute Gasteiger partial charge is 0.300 e. The van der Waals surface area contributed by atoms with Crippen molar-refractivity contribution in [3.05, 3.63) is 64.7 Å². The highest BCUT2D eigenvalue weighted by molar-refractivity contribution is 7.71. The fraction of sp³-hybridized carbons (Fsp3) is 0.316. The number of hydrogen-bond donors (Lipinski definition) is 0. The Morgan fingerprint density at radius 2 is 1.71 bits per heavy atom. The quantitative estimate of drug-likeness (QED) is 0.560. The van der Waals surface area contributed by atoms with Crippen LogP contribution in [0, 0.1) is 4.77 Å². The van der Waals surface area contributed by atoms with Crippen LogP contribution in [0.3, 0.4) is 0 Å². The van der Waals surface area contributed by atoms with E-state index in [1.165, 1.54) is 12.1 Å². The lowest BCUT2D eigenvalue weighted by Crippen LogP contribution is -2.22. The second-order valence-electron chi connectivity index (χ2n) is 6.44. The summed E-state index contributed by atoms with van der Waals surface area (Å²) < 4.78 is 42.3. The molecule has 5 nitrogen and oxygen atoms in total. The number of halogens is 3. The van der Waals surface area contributed by atoms with Crippen LogP contribution in [0.25, 0.3) is 11.4 Å². The number of aromatic nitrogens is 4. The highest BCUT2D eigenvalue weighted by Gasteiger charge is 2.29. The predicted molar refractivity (Wildman–Crippen MR) is 103 cm³/mol. The van der Waals surface area contributed by atoms with Gasteiger partial charge in [-0.2, -0.15) is 18.3 Å². The normalized spacial score (nSPS) is 11.9. The van der Waals surface area contributed by atoms with Crippen LogP contribution in [0.4, 0.5) is 13.2 Å². The van der Waals surface area contributed by atoms with Crippen LogP contribution in [0.5, 0.6) is 0 Å². The molecule has 9 heteroatoms. The first-order valence-electron chi connectivity index (χ1n) is 8.72. The van der Waals surface area contributed by atoms with Crippen molar-refractivity contribution in [1.29, 1.82) is 0 Å². The molecule has 2 aromatic heterocycles. The van der Waals surface area contributed by atoms with Gasteiger partial charge in [0, 0.05) is 31.0 Å². The van der Waals surface area contributed by atoms with Crippen LogP contribution in [-0.2, 0) is 25.9 Å². The number of pyridine rings is 1. The number of benzene rings is 1. The van der Waals surface area contributed by atoms with Crippen LogP contribution in [0.1, 0.15) is 18.1 Å². The third-order valence-corrected chi connectivity index (χ3v) is 4.72. The molecule has 148 valence electrons. The second kappa shape index (κ2) is 8.24. The molecule has 0 amide bonds. The van der Waals surface area contributed by atoms with E-state index in [-0.39, 0.29) is 0 Å². The van der Waals surface area contributed by atoms with Gasteiger partial charge in [-0.1, -0.05) is 12.1 Å². The standard InChI is InChI=1S/C19H20F3N5S/c1-3-26-17(15-8-10-23-11-9-15)24-27(18(26)28)13-25(2)12-14-4-6-16(7-5-14)19(20,21)22/h4-11H,3,12-13H2,1-2H3. The summed E-state index contributed by atoms with van der Waals surface area (Å²) in [6.45, 7) is 3.58. The highest BCUT2D eigenvalue weighted by atomic mass is 32.1. The summed E-state index contributed by atoms with van der Waals surface area (Å²) >= 11 is 5.55. The number of hydrogen-bond acceptors (Lipinski definition) is 4. The Bertz CT molecular complexity index is 978. The largest absolute Gasteiger partial charge is 0.416 e. The molecule has 0 fully saturated rings. The maximum Gasteiger partial charge on any atom is 0.416 e. The van der Waals surface area contributed by atoms with Gasteiger partial charge in [-0.25, -0.2) is 4.68 Å². The summed E-state index contributed by atoms with van der Waals surface area (Å²) in [6.07, 6.45) is -0.921. The first-order chi connectivity index (χ1) is 13.3. The van der Waals surface area contributed by atoms with Crippen molar-refractivity contribution < 1.29 is 13.2 Å². The van der Waals surface area contributed by atoms with Gasteiger partial charge in [-0.3, -0.25) is 9.88 Å². The minimum absolute atomic E-state index is 0.422. The molecule has 0 bridgehead atoms. The monoisotopic (exact) mass is 407 g/mol. The molecule has 0 aliphatic heterocycles. The van der Waals surface area contributed by atoms with Crippen LogP contribution >= 0.6 is 12.2 Å².